The molecule has 0 unspecified atom stereocenters. The summed E-state index contributed by atoms with van der Waals surface area (Å²) >= 11 is 6.12. The van der Waals surface area contributed by atoms with E-state index in [-0.39, 0.29) is 5.91 Å². The fourth-order valence-corrected chi connectivity index (χ4v) is 3.19. The Balaban J connectivity index is 1.49. The van der Waals surface area contributed by atoms with Gasteiger partial charge in [0.05, 0.1) is 7.11 Å². The van der Waals surface area contributed by atoms with Crippen LogP contribution in [0.15, 0.2) is 54.6 Å². The van der Waals surface area contributed by atoms with E-state index in [1.54, 1.807) is 19.3 Å². The minimum absolute atomic E-state index is 0.0361. The van der Waals surface area contributed by atoms with E-state index in [4.69, 9.17) is 16.3 Å². The topological polar surface area (TPSA) is 32.8 Å². The van der Waals surface area contributed by atoms with E-state index in [1.807, 2.05) is 41.3 Å². The first-order valence-corrected chi connectivity index (χ1v) is 9.10. The van der Waals surface area contributed by atoms with Gasteiger partial charge in [-0.1, -0.05) is 41.9 Å². The number of carbonyl (C=O) groups excluding carboxylic acids is 1. The molecule has 2 aromatic rings. The minimum atomic E-state index is 0.0361. The lowest BCUT2D eigenvalue weighted by Crippen LogP contribution is -2.47. The molecular formula is C21H23ClN2O2. The van der Waals surface area contributed by atoms with Gasteiger partial charge in [0.1, 0.15) is 5.75 Å². The summed E-state index contributed by atoms with van der Waals surface area (Å²) in [5.41, 5.74) is 2.12. The predicted molar refractivity (Wildman–Crippen MR) is 105 cm³/mol. The van der Waals surface area contributed by atoms with Gasteiger partial charge in [0.2, 0.25) is 5.91 Å². The van der Waals surface area contributed by atoms with Crippen molar-refractivity contribution in [1.82, 2.24) is 9.80 Å². The number of methoxy groups -OCH3 is 1. The molecule has 5 heteroatoms. The molecule has 0 N–H and O–H groups in total. The average Bonchev–Trinajstić information content (AvgIpc) is 2.68. The highest BCUT2D eigenvalue weighted by atomic mass is 35.5. The Morgan fingerprint density at radius 1 is 1.08 bits per heavy atom. The zero-order chi connectivity index (χ0) is 18.4. The van der Waals surface area contributed by atoms with Gasteiger partial charge in [-0.25, -0.2) is 0 Å². The Labute approximate surface area is 159 Å². The lowest BCUT2D eigenvalue weighted by molar-refractivity contribution is -0.127. The van der Waals surface area contributed by atoms with E-state index in [2.05, 4.69) is 17.0 Å². The summed E-state index contributed by atoms with van der Waals surface area (Å²) in [6.45, 7) is 4.11. The minimum Gasteiger partial charge on any atom is -0.497 e. The van der Waals surface area contributed by atoms with Gasteiger partial charge in [0, 0.05) is 43.8 Å². The molecule has 1 aliphatic rings. The normalized spacial score (nSPS) is 15.4. The molecule has 4 nitrogen and oxygen atoms in total. The van der Waals surface area contributed by atoms with Crippen LogP contribution in [0.4, 0.5) is 0 Å². The number of halogens is 1. The van der Waals surface area contributed by atoms with Crippen LogP contribution in [0.25, 0.3) is 6.08 Å². The molecule has 2 aromatic carbocycles. The Kier molecular flexibility index (Phi) is 6.31. The van der Waals surface area contributed by atoms with E-state index in [9.17, 15) is 4.79 Å². The van der Waals surface area contributed by atoms with E-state index < -0.39 is 0 Å². The summed E-state index contributed by atoms with van der Waals surface area (Å²) in [6.07, 6.45) is 3.40. The van der Waals surface area contributed by atoms with Crippen LogP contribution < -0.4 is 4.74 Å². The van der Waals surface area contributed by atoms with Gasteiger partial charge in [0.25, 0.3) is 0 Å². The molecule has 0 saturated carbocycles. The molecule has 0 spiro atoms. The van der Waals surface area contributed by atoms with Crippen molar-refractivity contribution < 1.29 is 9.53 Å². The molecule has 26 heavy (non-hydrogen) atoms. The lowest BCUT2D eigenvalue weighted by atomic mass is 10.2. The van der Waals surface area contributed by atoms with Gasteiger partial charge in [-0.05, 0) is 35.4 Å². The van der Waals surface area contributed by atoms with Crippen molar-refractivity contribution in [2.45, 2.75) is 6.54 Å². The molecule has 1 heterocycles. The molecule has 0 aromatic heterocycles. The SMILES string of the molecule is COc1ccc(CN2CCN(C(=O)/C=C/c3ccccc3Cl)CC2)cc1. The maximum Gasteiger partial charge on any atom is 0.246 e. The number of hydrogen-bond acceptors (Lipinski definition) is 3. The van der Waals surface area contributed by atoms with Gasteiger partial charge in [0.15, 0.2) is 0 Å². The first kappa shape index (κ1) is 18.5. The molecule has 0 aliphatic carbocycles. The van der Waals surface area contributed by atoms with Crippen LogP contribution in [0.3, 0.4) is 0 Å². The number of piperazine rings is 1. The van der Waals surface area contributed by atoms with Crippen molar-refractivity contribution in [3.63, 3.8) is 0 Å². The molecule has 3 rings (SSSR count). The molecule has 1 fully saturated rings. The van der Waals surface area contributed by atoms with Crippen LogP contribution >= 0.6 is 11.6 Å². The van der Waals surface area contributed by atoms with Gasteiger partial charge in [-0.2, -0.15) is 0 Å². The number of carbonyl (C=O) groups is 1. The number of benzene rings is 2. The third-order valence-electron chi connectivity index (χ3n) is 4.56. The summed E-state index contributed by atoms with van der Waals surface area (Å²) in [5, 5.41) is 0.654. The van der Waals surface area contributed by atoms with E-state index in [0.29, 0.717) is 5.02 Å². The molecule has 1 aliphatic heterocycles. The molecule has 1 amide bonds. The number of rotatable bonds is 5. The van der Waals surface area contributed by atoms with Gasteiger partial charge < -0.3 is 9.64 Å². The smallest absolute Gasteiger partial charge is 0.246 e. The van der Waals surface area contributed by atoms with Crippen molar-refractivity contribution in [2.75, 3.05) is 33.3 Å². The largest absolute Gasteiger partial charge is 0.497 e. The highest BCUT2D eigenvalue weighted by Gasteiger charge is 2.19. The van der Waals surface area contributed by atoms with E-state index in [0.717, 1.165) is 44.0 Å². The molecule has 0 radical (unpaired) electrons. The Morgan fingerprint density at radius 3 is 2.42 bits per heavy atom. The average molecular weight is 371 g/mol. The maximum atomic E-state index is 12.4. The zero-order valence-electron chi connectivity index (χ0n) is 14.9. The monoisotopic (exact) mass is 370 g/mol. The molecule has 136 valence electrons. The Hall–Kier alpha value is -2.30. The van der Waals surface area contributed by atoms with Gasteiger partial charge in [-0.3, -0.25) is 9.69 Å². The molecule has 0 atom stereocenters. The van der Waals surface area contributed by atoms with Crippen LogP contribution in [0.5, 0.6) is 5.75 Å². The van der Waals surface area contributed by atoms with E-state index in [1.165, 1.54) is 5.56 Å². The summed E-state index contributed by atoms with van der Waals surface area (Å²) in [7, 11) is 1.67. The molecular weight excluding hydrogens is 348 g/mol. The number of nitrogens with zero attached hydrogens (tertiary/aromatic N) is 2. The fraction of sp³-hybridized carbons (Fsp3) is 0.286. The second kappa shape index (κ2) is 8.88. The summed E-state index contributed by atoms with van der Waals surface area (Å²) in [4.78, 5) is 16.6. The van der Waals surface area contributed by atoms with Crippen molar-refractivity contribution in [3.8, 4) is 5.75 Å². The number of ether oxygens (including phenoxy) is 1. The van der Waals surface area contributed by atoms with Crippen LogP contribution in [-0.2, 0) is 11.3 Å². The third kappa shape index (κ3) is 4.87. The maximum absolute atomic E-state index is 12.4. The Morgan fingerprint density at radius 2 is 1.77 bits per heavy atom. The van der Waals surface area contributed by atoms with Crippen molar-refractivity contribution in [2.24, 2.45) is 0 Å². The molecule has 1 saturated heterocycles. The molecule has 0 bridgehead atoms. The van der Waals surface area contributed by atoms with Crippen molar-refractivity contribution >= 4 is 23.6 Å². The number of amides is 1. The quantitative estimate of drug-likeness (QED) is 0.752. The number of hydrogen-bond donors (Lipinski definition) is 0. The van der Waals surface area contributed by atoms with Crippen molar-refractivity contribution in [3.05, 3.63) is 70.8 Å². The standard InChI is InChI=1S/C21H23ClN2O2/c1-26-19-9-6-17(7-10-19)16-23-12-14-24(15-13-23)21(25)11-8-18-4-2-3-5-20(18)22/h2-11H,12-16H2,1H3/b11-8+. The zero-order valence-corrected chi connectivity index (χ0v) is 15.7. The first-order valence-electron chi connectivity index (χ1n) is 8.72. The predicted octanol–water partition coefficient (Wildman–Crippen LogP) is 3.71. The van der Waals surface area contributed by atoms with Gasteiger partial charge >= 0.3 is 0 Å². The fourth-order valence-electron chi connectivity index (χ4n) is 2.99. The lowest BCUT2D eigenvalue weighted by Gasteiger charge is -2.34. The highest BCUT2D eigenvalue weighted by molar-refractivity contribution is 6.32. The van der Waals surface area contributed by atoms with Crippen LogP contribution in [-0.4, -0.2) is 49.0 Å². The Bertz CT molecular complexity index is 766. The van der Waals surface area contributed by atoms with Crippen molar-refractivity contribution in [1.29, 1.82) is 0 Å². The summed E-state index contributed by atoms with van der Waals surface area (Å²) in [5.74, 6) is 0.906. The van der Waals surface area contributed by atoms with Crippen LogP contribution in [0, 0.1) is 0 Å². The highest BCUT2D eigenvalue weighted by Crippen LogP contribution is 2.17. The van der Waals surface area contributed by atoms with Crippen LogP contribution in [0.1, 0.15) is 11.1 Å². The van der Waals surface area contributed by atoms with E-state index >= 15 is 0 Å². The van der Waals surface area contributed by atoms with Crippen LogP contribution in [0.2, 0.25) is 5.02 Å². The first-order chi connectivity index (χ1) is 12.7. The summed E-state index contributed by atoms with van der Waals surface area (Å²) < 4.78 is 5.19. The summed E-state index contributed by atoms with van der Waals surface area (Å²) in [6, 6.07) is 15.6. The third-order valence-corrected chi connectivity index (χ3v) is 4.90. The second-order valence-electron chi connectivity index (χ2n) is 6.30. The van der Waals surface area contributed by atoms with Gasteiger partial charge in [-0.15, -0.1) is 0 Å². The second-order valence-corrected chi connectivity index (χ2v) is 6.71.